The molecule has 19 heavy (non-hydrogen) atoms. The Morgan fingerprint density at radius 2 is 2.05 bits per heavy atom. The predicted octanol–water partition coefficient (Wildman–Crippen LogP) is 3.27. The molecule has 5 heteroatoms. The Labute approximate surface area is 120 Å². The lowest BCUT2D eigenvalue weighted by molar-refractivity contribution is -0.138. The molecular weight excluding hydrogens is 313 g/mol. The molecule has 0 radical (unpaired) electrons. The monoisotopic (exact) mass is 329 g/mol. The summed E-state index contributed by atoms with van der Waals surface area (Å²) in [5, 5.41) is 8.77. The summed E-state index contributed by atoms with van der Waals surface area (Å²) in [6.45, 7) is 2.48. The van der Waals surface area contributed by atoms with Gasteiger partial charge in [-0.1, -0.05) is 15.9 Å². The lowest BCUT2D eigenvalue weighted by Gasteiger charge is -2.31. The highest BCUT2D eigenvalue weighted by molar-refractivity contribution is 9.10. The molecule has 0 aliphatic carbocycles. The Kier molecular flexibility index (Phi) is 4.93. The third kappa shape index (κ3) is 4.58. The standard InChI is InChI=1S/C14H17BrFNO2/c15-12-5-11(6-13(16)8-12)9-17-3-1-10(2-4-17)7-14(18)19/h5-6,8,10H,1-4,7,9H2,(H,18,19). The fourth-order valence-corrected chi connectivity index (χ4v) is 3.07. The van der Waals surface area contributed by atoms with Gasteiger partial charge in [-0.2, -0.15) is 0 Å². The molecule has 104 valence electrons. The zero-order chi connectivity index (χ0) is 13.8. The third-order valence-electron chi connectivity index (χ3n) is 3.50. The van der Waals surface area contributed by atoms with Crippen molar-refractivity contribution in [2.45, 2.75) is 25.8 Å². The van der Waals surface area contributed by atoms with Crippen LogP contribution in [-0.2, 0) is 11.3 Å². The van der Waals surface area contributed by atoms with E-state index < -0.39 is 5.97 Å². The molecule has 1 aliphatic heterocycles. The van der Waals surface area contributed by atoms with Gasteiger partial charge < -0.3 is 5.11 Å². The summed E-state index contributed by atoms with van der Waals surface area (Å²) in [4.78, 5) is 12.9. The minimum Gasteiger partial charge on any atom is -0.481 e. The molecule has 2 rings (SSSR count). The Bertz CT molecular complexity index is 439. The summed E-state index contributed by atoms with van der Waals surface area (Å²) < 4.78 is 14.0. The van der Waals surface area contributed by atoms with Gasteiger partial charge in [-0.15, -0.1) is 0 Å². The van der Waals surface area contributed by atoms with E-state index in [4.69, 9.17) is 5.11 Å². The van der Waals surface area contributed by atoms with Gasteiger partial charge in [-0.05, 0) is 55.6 Å². The number of nitrogens with zero attached hydrogens (tertiary/aromatic N) is 1. The molecule has 1 N–H and O–H groups in total. The molecule has 0 spiro atoms. The fraction of sp³-hybridized carbons (Fsp3) is 0.500. The van der Waals surface area contributed by atoms with Crippen LogP contribution < -0.4 is 0 Å². The number of likely N-dealkylation sites (tertiary alicyclic amines) is 1. The zero-order valence-corrected chi connectivity index (χ0v) is 12.2. The van der Waals surface area contributed by atoms with Gasteiger partial charge in [0.2, 0.25) is 0 Å². The van der Waals surface area contributed by atoms with Gasteiger partial charge in [0, 0.05) is 17.4 Å². The first kappa shape index (κ1) is 14.5. The van der Waals surface area contributed by atoms with Crippen molar-refractivity contribution in [3.63, 3.8) is 0 Å². The second kappa shape index (κ2) is 6.48. The first-order chi connectivity index (χ1) is 9.02. The smallest absolute Gasteiger partial charge is 0.303 e. The summed E-state index contributed by atoms with van der Waals surface area (Å²) in [6.07, 6.45) is 2.07. The third-order valence-corrected chi connectivity index (χ3v) is 3.96. The van der Waals surface area contributed by atoms with E-state index in [0.717, 1.165) is 42.5 Å². The van der Waals surface area contributed by atoms with Crippen molar-refractivity contribution in [1.82, 2.24) is 4.90 Å². The lowest BCUT2D eigenvalue weighted by Crippen LogP contribution is -2.33. The van der Waals surface area contributed by atoms with Crippen LogP contribution in [0, 0.1) is 11.7 Å². The Morgan fingerprint density at radius 1 is 1.37 bits per heavy atom. The van der Waals surface area contributed by atoms with Gasteiger partial charge in [-0.25, -0.2) is 4.39 Å². The van der Waals surface area contributed by atoms with Crippen LogP contribution in [0.1, 0.15) is 24.8 Å². The van der Waals surface area contributed by atoms with Crippen molar-refractivity contribution in [1.29, 1.82) is 0 Å². The highest BCUT2D eigenvalue weighted by atomic mass is 79.9. The maximum absolute atomic E-state index is 13.3. The lowest BCUT2D eigenvalue weighted by atomic mass is 9.93. The zero-order valence-electron chi connectivity index (χ0n) is 10.6. The van der Waals surface area contributed by atoms with Crippen LogP contribution in [0.4, 0.5) is 4.39 Å². The highest BCUT2D eigenvalue weighted by Gasteiger charge is 2.21. The van der Waals surface area contributed by atoms with E-state index in [1.54, 1.807) is 6.07 Å². The molecule has 0 unspecified atom stereocenters. The van der Waals surface area contributed by atoms with E-state index in [1.165, 1.54) is 6.07 Å². The summed E-state index contributed by atoms with van der Waals surface area (Å²) >= 11 is 3.29. The topological polar surface area (TPSA) is 40.5 Å². The average molecular weight is 330 g/mol. The predicted molar refractivity (Wildman–Crippen MR) is 74.4 cm³/mol. The number of piperidine rings is 1. The second-order valence-electron chi connectivity index (χ2n) is 5.10. The molecule has 0 amide bonds. The summed E-state index contributed by atoms with van der Waals surface area (Å²) in [5.41, 5.74) is 0.948. The number of carboxylic acids is 1. The molecular formula is C14H17BrFNO2. The number of rotatable bonds is 4. The van der Waals surface area contributed by atoms with E-state index in [0.29, 0.717) is 0 Å². The van der Waals surface area contributed by atoms with Crippen molar-refractivity contribution >= 4 is 21.9 Å². The number of hydrogen-bond donors (Lipinski definition) is 1. The van der Waals surface area contributed by atoms with E-state index in [9.17, 15) is 9.18 Å². The minimum atomic E-state index is -0.715. The molecule has 0 bridgehead atoms. The Morgan fingerprint density at radius 3 is 2.63 bits per heavy atom. The van der Waals surface area contributed by atoms with Crippen molar-refractivity contribution in [3.8, 4) is 0 Å². The van der Waals surface area contributed by atoms with Crippen molar-refractivity contribution in [2.75, 3.05) is 13.1 Å². The molecule has 1 heterocycles. The number of carbonyl (C=O) groups is 1. The summed E-state index contributed by atoms with van der Waals surface area (Å²) in [7, 11) is 0. The SMILES string of the molecule is O=C(O)CC1CCN(Cc2cc(F)cc(Br)c2)CC1. The van der Waals surface area contributed by atoms with E-state index in [2.05, 4.69) is 20.8 Å². The first-order valence-corrected chi connectivity index (χ1v) is 7.21. The number of benzene rings is 1. The number of halogens is 2. The summed E-state index contributed by atoms with van der Waals surface area (Å²) in [5.74, 6) is -0.661. The van der Waals surface area contributed by atoms with Gasteiger partial charge in [-0.3, -0.25) is 9.69 Å². The number of aliphatic carboxylic acids is 1. The Hall–Kier alpha value is -0.940. The minimum absolute atomic E-state index is 0.231. The maximum Gasteiger partial charge on any atom is 0.303 e. The molecule has 1 aliphatic rings. The van der Waals surface area contributed by atoms with Gasteiger partial charge in [0.05, 0.1) is 0 Å². The van der Waals surface area contributed by atoms with E-state index in [-0.39, 0.29) is 18.2 Å². The van der Waals surface area contributed by atoms with Gasteiger partial charge in [0.1, 0.15) is 5.82 Å². The van der Waals surface area contributed by atoms with Crippen molar-refractivity contribution in [2.24, 2.45) is 5.92 Å². The van der Waals surface area contributed by atoms with Crippen LogP contribution in [0.3, 0.4) is 0 Å². The molecule has 0 saturated carbocycles. The van der Waals surface area contributed by atoms with Gasteiger partial charge in [0.25, 0.3) is 0 Å². The number of hydrogen-bond acceptors (Lipinski definition) is 2. The molecule has 1 fully saturated rings. The quantitative estimate of drug-likeness (QED) is 0.921. The van der Waals surface area contributed by atoms with Crippen LogP contribution in [0.15, 0.2) is 22.7 Å². The first-order valence-electron chi connectivity index (χ1n) is 6.42. The van der Waals surface area contributed by atoms with Gasteiger partial charge >= 0.3 is 5.97 Å². The van der Waals surface area contributed by atoms with E-state index >= 15 is 0 Å². The van der Waals surface area contributed by atoms with Crippen molar-refractivity contribution in [3.05, 3.63) is 34.1 Å². The van der Waals surface area contributed by atoms with Crippen molar-refractivity contribution < 1.29 is 14.3 Å². The van der Waals surface area contributed by atoms with Crippen LogP contribution in [0.2, 0.25) is 0 Å². The normalized spacial score (nSPS) is 17.6. The summed E-state index contributed by atoms with van der Waals surface area (Å²) in [6, 6.07) is 4.92. The molecule has 1 aromatic rings. The van der Waals surface area contributed by atoms with Crippen LogP contribution in [-0.4, -0.2) is 29.1 Å². The molecule has 1 aromatic carbocycles. The number of carboxylic acid groups (broad SMARTS) is 1. The molecule has 0 atom stereocenters. The van der Waals surface area contributed by atoms with Crippen LogP contribution in [0.5, 0.6) is 0 Å². The van der Waals surface area contributed by atoms with Crippen LogP contribution in [0.25, 0.3) is 0 Å². The second-order valence-corrected chi connectivity index (χ2v) is 6.01. The maximum atomic E-state index is 13.3. The Balaban J connectivity index is 1.86. The van der Waals surface area contributed by atoms with E-state index in [1.807, 2.05) is 6.07 Å². The fourth-order valence-electron chi connectivity index (χ4n) is 2.56. The molecule has 3 nitrogen and oxygen atoms in total. The highest BCUT2D eigenvalue weighted by Crippen LogP contribution is 2.23. The van der Waals surface area contributed by atoms with Gasteiger partial charge in [0.15, 0.2) is 0 Å². The van der Waals surface area contributed by atoms with Crippen LogP contribution >= 0.6 is 15.9 Å². The molecule has 0 aromatic heterocycles. The average Bonchev–Trinajstić information content (AvgIpc) is 2.29. The molecule has 1 saturated heterocycles. The largest absolute Gasteiger partial charge is 0.481 e.